The second-order valence-corrected chi connectivity index (χ2v) is 6.59. The summed E-state index contributed by atoms with van der Waals surface area (Å²) in [7, 11) is 0. The van der Waals surface area contributed by atoms with Crippen molar-refractivity contribution in [3.05, 3.63) is 71.3 Å². The number of nitrogens with one attached hydrogen (secondary N) is 1. The predicted molar refractivity (Wildman–Crippen MR) is 101 cm³/mol. The molecule has 1 aliphatic carbocycles. The van der Waals surface area contributed by atoms with Gasteiger partial charge in [-0.2, -0.15) is 0 Å². The summed E-state index contributed by atoms with van der Waals surface area (Å²) in [6, 6.07) is 20.3. The molecule has 0 bridgehead atoms. The Kier molecular flexibility index (Phi) is 7.14. The fourth-order valence-electron chi connectivity index (χ4n) is 3.48. The van der Waals surface area contributed by atoms with Gasteiger partial charge in [-0.3, -0.25) is 0 Å². The average molecular weight is 330 g/mol. The first kappa shape index (κ1) is 18.0. The van der Waals surface area contributed by atoms with E-state index in [1.807, 2.05) is 0 Å². The van der Waals surface area contributed by atoms with Crippen LogP contribution in [0.5, 0.6) is 0 Å². The van der Waals surface area contributed by atoms with Crippen LogP contribution in [0.1, 0.15) is 67.7 Å². The van der Waals surface area contributed by atoms with Crippen molar-refractivity contribution in [3.63, 3.8) is 0 Å². The largest absolute Gasteiger partial charge is 0.306 e. The molecule has 0 spiro atoms. The summed E-state index contributed by atoms with van der Waals surface area (Å²) in [6.07, 6.45) is 6.99. The molecule has 0 saturated heterocycles. The van der Waals surface area contributed by atoms with Crippen LogP contribution in [-0.4, -0.2) is 0 Å². The average Bonchev–Trinajstić information content (AvgIpc) is 2.61. The van der Waals surface area contributed by atoms with Crippen molar-refractivity contribution in [2.45, 2.75) is 57.5 Å². The van der Waals surface area contributed by atoms with Gasteiger partial charge >= 0.3 is 0 Å². The Morgan fingerprint density at radius 3 is 2.22 bits per heavy atom. The van der Waals surface area contributed by atoms with Crippen LogP contribution in [0.3, 0.4) is 0 Å². The highest BCUT2D eigenvalue weighted by Gasteiger charge is 2.15. The molecule has 2 aromatic rings. The summed E-state index contributed by atoms with van der Waals surface area (Å²) in [4.78, 5) is 0. The highest BCUT2D eigenvalue weighted by atomic mass is 35.5. The summed E-state index contributed by atoms with van der Waals surface area (Å²) >= 11 is 0. The molecule has 0 heterocycles. The van der Waals surface area contributed by atoms with Gasteiger partial charge in [-0.05, 0) is 42.4 Å². The number of halogens is 1. The van der Waals surface area contributed by atoms with Gasteiger partial charge in [0.15, 0.2) is 0 Å². The summed E-state index contributed by atoms with van der Waals surface area (Å²) < 4.78 is 0. The van der Waals surface area contributed by atoms with Crippen molar-refractivity contribution >= 4 is 12.4 Å². The lowest BCUT2D eigenvalue weighted by Crippen LogP contribution is -2.18. The van der Waals surface area contributed by atoms with E-state index in [0.717, 1.165) is 12.5 Å². The molecule has 0 aliphatic heterocycles. The van der Waals surface area contributed by atoms with Gasteiger partial charge in [0.2, 0.25) is 0 Å². The molecule has 1 fully saturated rings. The lowest BCUT2D eigenvalue weighted by molar-refractivity contribution is 0.443. The molecule has 1 nitrogen and oxygen atoms in total. The van der Waals surface area contributed by atoms with E-state index in [-0.39, 0.29) is 12.4 Å². The van der Waals surface area contributed by atoms with Crippen LogP contribution >= 0.6 is 12.4 Å². The standard InChI is InChI=1S/C21H27N.ClH/c1-17(22-16-18-8-4-2-5-9-18)19-12-14-21(15-13-19)20-10-6-3-7-11-20;/h2,4-5,8-9,12-15,17,20,22H,3,6-7,10-11,16H2,1H3;1H. The molecule has 2 aromatic carbocycles. The van der Waals surface area contributed by atoms with Crippen molar-refractivity contribution in [2.24, 2.45) is 0 Å². The van der Waals surface area contributed by atoms with Crippen molar-refractivity contribution < 1.29 is 0 Å². The third-order valence-corrected chi connectivity index (χ3v) is 4.97. The topological polar surface area (TPSA) is 12.0 Å². The Hall–Kier alpha value is -1.31. The molecule has 1 saturated carbocycles. The number of benzene rings is 2. The van der Waals surface area contributed by atoms with Gasteiger partial charge in [-0.15, -0.1) is 12.4 Å². The SMILES string of the molecule is CC(NCc1ccccc1)c1ccc(C2CCCCC2)cc1.Cl. The van der Waals surface area contributed by atoms with E-state index in [4.69, 9.17) is 0 Å². The summed E-state index contributed by atoms with van der Waals surface area (Å²) in [5.41, 5.74) is 4.27. The van der Waals surface area contributed by atoms with Crippen molar-refractivity contribution in [3.8, 4) is 0 Å². The maximum absolute atomic E-state index is 3.61. The quantitative estimate of drug-likeness (QED) is 0.708. The molecule has 23 heavy (non-hydrogen) atoms. The molecule has 1 aliphatic rings. The molecule has 0 amide bonds. The van der Waals surface area contributed by atoms with Gasteiger partial charge in [-0.1, -0.05) is 73.9 Å². The third-order valence-electron chi connectivity index (χ3n) is 4.97. The summed E-state index contributed by atoms with van der Waals surface area (Å²) in [5, 5.41) is 3.61. The molecule has 1 unspecified atom stereocenters. The van der Waals surface area contributed by atoms with Gasteiger partial charge in [0.1, 0.15) is 0 Å². The minimum Gasteiger partial charge on any atom is -0.306 e. The minimum absolute atomic E-state index is 0. The first-order valence-corrected chi connectivity index (χ1v) is 8.70. The highest BCUT2D eigenvalue weighted by molar-refractivity contribution is 5.85. The van der Waals surface area contributed by atoms with Crippen LogP contribution in [0, 0.1) is 0 Å². The van der Waals surface area contributed by atoms with Crippen LogP contribution < -0.4 is 5.32 Å². The van der Waals surface area contributed by atoms with Crippen molar-refractivity contribution in [1.82, 2.24) is 5.32 Å². The Morgan fingerprint density at radius 1 is 0.913 bits per heavy atom. The molecular weight excluding hydrogens is 302 g/mol. The zero-order chi connectivity index (χ0) is 15.2. The number of rotatable bonds is 5. The van der Waals surface area contributed by atoms with Crippen molar-refractivity contribution in [2.75, 3.05) is 0 Å². The van der Waals surface area contributed by atoms with Gasteiger partial charge in [0.25, 0.3) is 0 Å². The molecule has 1 atom stereocenters. The normalized spacial score (nSPS) is 16.6. The first-order valence-electron chi connectivity index (χ1n) is 8.70. The second kappa shape index (κ2) is 9.10. The lowest BCUT2D eigenvalue weighted by Gasteiger charge is -2.22. The zero-order valence-electron chi connectivity index (χ0n) is 14.0. The van der Waals surface area contributed by atoms with Crippen LogP contribution in [-0.2, 0) is 6.54 Å². The Bertz CT molecular complexity index is 558. The van der Waals surface area contributed by atoms with Gasteiger partial charge in [0.05, 0.1) is 0 Å². The van der Waals surface area contributed by atoms with E-state index in [2.05, 4.69) is 66.8 Å². The van der Waals surface area contributed by atoms with Crippen molar-refractivity contribution in [1.29, 1.82) is 0 Å². The van der Waals surface area contributed by atoms with Crippen LogP contribution in [0.2, 0.25) is 0 Å². The fraction of sp³-hybridized carbons (Fsp3) is 0.429. The molecule has 1 N–H and O–H groups in total. The number of hydrogen-bond donors (Lipinski definition) is 1. The Balaban J connectivity index is 0.00000192. The van der Waals surface area contributed by atoms with E-state index in [9.17, 15) is 0 Å². The summed E-state index contributed by atoms with van der Waals surface area (Å²) in [5.74, 6) is 0.801. The van der Waals surface area contributed by atoms with E-state index >= 15 is 0 Å². The van der Waals surface area contributed by atoms with Gasteiger partial charge in [-0.25, -0.2) is 0 Å². The smallest absolute Gasteiger partial charge is 0.0294 e. The molecule has 2 heteroatoms. The predicted octanol–water partition coefficient (Wildman–Crippen LogP) is 6.01. The van der Waals surface area contributed by atoms with E-state index < -0.39 is 0 Å². The van der Waals surface area contributed by atoms with Gasteiger partial charge in [0, 0.05) is 12.6 Å². The Morgan fingerprint density at radius 2 is 1.57 bits per heavy atom. The Labute approximate surface area is 146 Å². The van der Waals surface area contributed by atoms with Gasteiger partial charge < -0.3 is 5.32 Å². The molecule has 124 valence electrons. The lowest BCUT2D eigenvalue weighted by atomic mass is 9.84. The summed E-state index contributed by atoms with van der Waals surface area (Å²) in [6.45, 7) is 3.17. The van der Waals surface area contributed by atoms with E-state index in [0.29, 0.717) is 6.04 Å². The second-order valence-electron chi connectivity index (χ2n) is 6.59. The fourth-order valence-corrected chi connectivity index (χ4v) is 3.48. The first-order chi connectivity index (χ1) is 10.8. The maximum Gasteiger partial charge on any atom is 0.0294 e. The zero-order valence-corrected chi connectivity index (χ0v) is 14.8. The molecule has 0 aromatic heterocycles. The molecule has 3 rings (SSSR count). The van der Waals surface area contributed by atoms with E-state index in [1.165, 1.54) is 43.2 Å². The maximum atomic E-state index is 3.61. The minimum atomic E-state index is 0. The molecular formula is C21H28ClN. The number of hydrogen-bond acceptors (Lipinski definition) is 1. The van der Waals surface area contributed by atoms with Crippen LogP contribution in [0.15, 0.2) is 54.6 Å². The van der Waals surface area contributed by atoms with Crippen LogP contribution in [0.4, 0.5) is 0 Å². The monoisotopic (exact) mass is 329 g/mol. The van der Waals surface area contributed by atoms with E-state index in [1.54, 1.807) is 5.56 Å². The van der Waals surface area contributed by atoms with Crippen LogP contribution in [0.25, 0.3) is 0 Å². The highest BCUT2D eigenvalue weighted by Crippen LogP contribution is 2.32. The third kappa shape index (κ3) is 5.09. The molecule has 0 radical (unpaired) electrons.